The lowest BCUT2D eigenvalue weighted by molar-refractivity contribution is -0.150. The molecule has 0 aromatic heterocycles. The van der Waals surface area contributed by atoms with Crippen LogP contribution in [0.1, 0.15) is 40.0 Å². The van der Waals surface area contributed by atoms with Crippen molar-refractivity contribution in [3.63, 3.8) is 0 Å². The number of allylic oxidation sites excluding steroid dienone is 1. The summed E-state index contributed by atoms with van der Waals surface area (Å²) >= 11 is 0. The molecule has 1 amide bonds. The summed E-state index contributed by atoms with van der Waals surface area (Å²) in [5.74, 6) is -0.282. The molecule has 0 unspecified atom stereocenters. The minimum absolute atomic E-state index is 0.0471. The molecule has 1 aliphatic rings. The molecule has 0 aliphatic carbocycles. The van der Waals surface area contributed by atoms with E-state index in [-0.39, 0.29) is 17.8 Å². The Balaban J connectivity index is 2.61. The first-order valence-electron chi connectivity index (χ1n) is 6.72. The van der Waals surface area contributed by atoms with E-state index in [4.69, 9.17) is 4.74 Å². The third-order valence-electron chi connectivity index (χ3n) is 3.18. The molecule has 102 valence electrons. The normalized spacial score (nSPS) is 20.7. The lowest BCUT2D eigenvalue weighted by Gasteiger charge is -2.31. The molecule has 1 fully saturated rings. The zero-order valence-electron chi connectivity index (χ0n) is 11.6. The van der Waals surface area contributed by atoms with E-state index in [0.717, 1.165) is 31.4 Å². The van der Waals surface area contributed by atoms with E-state index < -0.39 is 0 Å². The zero-order chi connectivity index (χ0) is 13.5. The molecule has 0 saturated carbocycles. The van der Waals surface area contributed by atoms with Crippen LogP contribution in [0.2, 0.25) is 0 Å². The molecular weight excluding hydrogens is 230 g/mol. The lowest BCUT2D eigenvalue weighted by atomic mass is 9.97. The first-order chi connectivity index (χ1) is 8.60. The molecule has 4 heteroatoms. The Labute approximate surface area is 109 Å². The Hall–Kier alpha value is -1.32. The summed E-state index contributed by atoms with van der Waals surface area (Å²) in [5, 5.41) is 0. The topological polar surface area (TPSA) is 46.6 Å². The van der Waals surface area contributed by atoms with Gasteiger partial charge in [-0.2, -0.15) is 0 Å². The number of esters is 1. The molecule has 0 aromatic rings. The molecule has 0 aromatic carbocycles. The number of piperidine rings is 1. The maximum atomic E-state index is 12.1. The largest absolute Gasteiger partial charge is 0.466 e. The van der Waals surface area contributed by atoms with Crippen LogP contribution in [0.3, 0.4) is 0 Å². The van der Waals surface area contributed by atoms with Crippen LogP contribution in [0.15, 0.2) is 11.6 Å². The number of nitrogens with zero attached hydrogens (tertiary/aromatic N) is 1. The van der Waals surface area contributed by atoms with Crippen molar-refractivity contribution in [3.8, 4) is 0 Å². The second-order valence-corrected chi connectivity index (χ2v) is 4.64. The first kappa shape index (κ1) is 14.7. The highest BCUT2D eigenvalue weighted by atomic mass is 16.5. The molecule has 0 bridgehead atoms. The van der Waals surface area contributed by atoms with Crippen LogP contribution in [0.5, 0.6) is 0 Å². The van der Waals surface area contributed by atoms with Crippen LogP contribution >= 0.6 is 0 Å². The standard InChI is InChI=1S/C14H23NO3/c1-4-7-11(3)13(16)15-9-6-8-12(10-15)14(17)18-5-2/h7,12H,4-6,8-10H2,1-3H3/t12-/m0/s1. The first-order valence-corrected chi connectivity index (χ1v) is 6.72. The van der Waals surface area contributed by atoms with E-state index in [2.05, 4.69) is 0 Å². The molecule has 1 heterocycles. The van der Waals surface area contributed by atoms with Crippen LogP contribution in [-0.2, 0) is 14.3 Å². The molecule has 0 N–H and O–H groups in total. The van der Waals surface area contributed by atoms with Gasteiger partial charge in [-0.25, -0.2) is 0 Å². The Morgan fingerprint density at radius 2 is 2.11 bits per heavy atom. The number of ether oxygens (including phenoxy) is 1. The quantitative estimate of drug-likeness (QED) is 0.569. The van der Waals surface area contributed by atoms with Gasteiger partial charge in [-0.1, -0.05) is 13.0 Å². The molecular formula is C14H23NO3. The minimum Gasteiger partial charge on any atom is -0.466 e. The second-order valence-electron chi connectivity index (χ2n) is 4.64. The van der Waals surface area contributed by atoms with Crippen LogP contribution in [0.25, 0.3) is 0 Å². The van der Waals surface area contributed by atoms with Gasteiger partial charge in [0.05, 0.1) is 12.5 Å². The number of hydrogen-bond donors (Lipinski definition) is 0. The Morgan fingerprint density at radius 1 is 1.39 bits per heavy atom. The fourth-order valence-electron chi connectivity index (χ4n) is 2.26. The summed E-state index contributed by atoms with van der Waals surface area (Å²) in [6.45, 7) is 7.28. The summed E-state index contributed by atoms with van der Waals surface area (Å²) in [6.07, 6.45) is 4.47. The van der Waals surface area contributed by atoms with Gasteiger partial charge in [-0.3, -0.25) is 9.59 Å². The zero-order valence-corrected chi connectivity index (χ0v) is 11.6. The number of carbonyl (C=O) groups is 2. The van der Waals surface area contributed by atoms with E-state index in [1.54, 1.807) is 11.8 Å². The van der Waals surface area contributed by atoms with Crippen molar-refractivity contribution in [3.05, 3.63) is 11.6 Å². The molecule has 1 saturated heterocycles. The van der Waals surface area contributed by atoms with Gasteiger partial charge in [0.1, 0.15) is 0 Å². The van der Waals surface area contributed by atoms with Gasteiger partial charge in [-0.15, -0.1) is 0 Å². The Kier molecular flexibility index (Phi) is 5.89. The van der Waals surface area contributed by atoms with Gasteiger partial charge < -0.3 is 9.64 Å². The number of rotatable bonds is 4. The highest BCUT2D eigenvalue weighted by molar-refractivity contribution is 5.93. The van der Waals surface area contributed by atoms with Gasteiger partial charge in [-0.05, 0) is 33.1 Å². The molecule has 0 radical (unpaired) electrons. The summed E-state index contributed by atoms with van der Waals surface area (Å²) < 4.78 is 5.03. The Morgan fingerprint density at radius 3 is 2.72 bits per heavy atom. The van der Waals surface area contributed by atoms with E-state index >= 15 is 0 Å². The third kappa shape index (κ3) is 3.86. The highest BCUT2D eigenvalue weighted by Gasteiger charge is 2.29. The lowest BCUT2D eigenvalue weighted by Crippen LogP contribution is -2.43. The van der Waals surface area contributed by atoms with Crippen molar-refractivity contribution in [2.24, 2.45) is 5.92 Å². The maximum Gasteiger partial charge on any atom is 0.310 e. The van der Waals surface area contributed by atoms with Crippen LogP contribution in [-0.4, -0.2) is 36.5 Å². The monoisotopic (exact) mass is 253 g/mol. The van der Waals surface area contributed by atoms with Gasteiger partial charge in [0, 0.05) is 18.7 Å². The van der Waals surface area contributed by atoms with Crippen molar-refractivity contribution < 1.29 is 14.3 Å². The SMILES string of the molecule is CCC=C(C)C(=O)N1CCC[C@H](C(=O)OCC)C1. The molecule has 1 aliphatic heterocycles. The van der Waals surface area contributed by atoms with Crippen molar-refractivity contribution in [1.82, 2.24) is 4.90 Å². The summed E-state index contributed by atoms with van der Waals surface area (Å²) in [7, 11) is 0. The molecule has 0 spiro atoms. The van der Waals surface area contributed by atoms with Crippen LogP contribution in [0.4, 0.5) is 0 Å². The van der Waals surface area contributed by atoms with Gasteiger partial charge in [0.2, 0.25) is 5.91 Å². The molecule has 1 atom stereocenters. The molecule has 4 nitrogen and oxygen atoms in total. The van der Waals surface area contributed by atoms with Crippen LogP contribution < -0.4 is 0 Å². The number of carbonyl (C=O) groups excluding carboxylic acids is 2. The maximum absolute atomic E-state index is 12.1. The van der Waals surface area contributed by atoms with Gasteiger partial charge in [0.25, 0.3) is 0 Å². The van der Waals surface area contributed by atoms with E-state index in [0.29, 0.717) is 13.2 Å². The smallest absolute Gasteiger partial charge is 0.310 e. The average Bonchev–Trinajstić information content (AvgIpc) is 2.38. The molecule has 18 heavy (non-hydrogen) atoms. The number of amides is 1. The van der Waals surface area contributed by atoms with Crippen molar-refractivity contribution in [2.45, 2.75) is 40.0 Å². The van der Waals surface area contributed by atoms with E-state index in [9.17, 15) is 9.59 Å². The predicted octanol–water partition coefficient (Wildman–Crippen LogP) is 2.14. The van der Waals surface area contributed by atoms with Crippen molar-refractivity contribution >= 4 is 11.9 Å². The fraction of sp³-hybridized carbons (Fsp3) is 0.714. The van der Waals surface area contributed by atoms with Crippen molar-refractivity contribution in [1.29, 1.82) is 0 Å². The predicted molar refractivity (Wildman–Crippen MR) is 70.0 cm³/mol. The Bertz CT molecular complexity index is 336. The number of likely N-dealkylation sites (tertiary alicyclic amines) is 1. The fourth-order valence-corrected chi connectivity index (χ4v) is 2.26. The average molecular weight is 253 g/mol. The summed E-state index contributed by atoms with van der Waals surface area (Å²) in [5.41, 5.74) is 0.766. The highest BCUT2D eigenvalue weighted by Crippen LogP contribution is 2.19. The number of hydrogen-bond acceptors (Lipinski definition) is 3. The minimum atomic E-state index is -0.174. The summed E-state index contributed by atoms with van der Waals surface area (Å²) in [4.78, 5) is 25.6. The van der Waals surface area contributed by atoms with Gasteiger partial charge in [0.15, 0.2) is 0 Å². The second kappa shape index (κ2) is 7.19. The van der Waals surface area contributed by atoms with Crippen LogP contribution in [0, 0.1) is 5.92 Å². The third-order valence-corrected chi connectivity index (χ3v) is 3.18. The molecule has 1 rings (SSSR count). The van der Waals surface area contributed by atoms with E-state index in [1.807, 2.05) is 19.9 Å². The summed E-state index contributed by atoms with van der Waals surface area (Å²) in [6, 6.07) is 0. The van der Waals surface area contributed by atoms with E-state index in [1.165, 1.54) is 0 Å². The van der Waals surface area contributed by atoms with Crippen molar-refractivity contribution in [2.75, 3.05) is 19.7 Å². The van der Waals surface area contributed by atoms with Gasteiger partial charge >= 0.3 is 5.97 Å².